The quantitative estimate of drug-likeness (QED) is 0.541. The van der Waals surface area contributed by atoms with E-state index in [2.05, 4.69) is 20.9 Å². The van der Waals surface area contributed by atoms with E-state index in [-0.39, 0.29) is 5.91 Å². The van der Waals surface area contributed by atoms with Crippen LogP contribution in [-0.2, 0) is 11.3 Å². The van der Waals surface area contributed by atoms with Crippen molar-refractivity contribution in [2.24, 2.45) is 10.4 Å². The van der Waals surface area contributed by atoms with Crippen molar-refractivity contribution in [1.82, 2.24) is 16.0 Å². The van der Waals surface area contributed by atoms with Gasteiger partial charge in [0.25, 0.3) is 0 Å². The van der Waals surface area contributed by atoms with E-state index in [1.54, 1.807) is 19.2 Å². The zero-order valence-corrected chi connectivity index (χ0v) is 15.5. The third-order valence-corrected chi connectivity index (χ3v) is 3.89. The molecule has 0 saturated carbocycles. The van der Waals surface area contributed by atoms with Gasteiger partial charge in [-0.2, -0.15) is 0 Å². The van der Waals surface area contributed by atoms with Gasteiger partial charge < -0.3 is 16.0 Å². The van der Waals surface area contributed by atoms with E-state index in [4.69, 9.17) is 23.2 Å². The first-order valence-electron chi connectivity index (χ1n) is 7.48. The van der Waals surface area contributed by atoms with Gasteiger partial charge in [0.1, 0.15) is 0 Å². The summed E-state index contributed by atoms with van der Waals surface area (Å²) in [5.41, 5.74) is 0.349. The Morgan fingerprint density at radius 1 is 1.26 bits per heavy atom. The molecule has 0 unspecified atom stereocenters. The Bertz CT molecular complexity index is 573. The van der Waals surface area contributed by atoms with Crippen LogP contribution in [0.25, 0.3) is 0 Å². The Kier molecular flexibility index (Phi) is 7.65. The molecule has 5 nitrogen and oxygen atoms in total. The topological polar surface area (TPSA) is 65.5 Å². The second-order valence-corrected chi connectivity index (χ2v) is 6.59. The van der Waals surface area contributed by atoms with Crippen LogP contribution in [-0.4, -0.2) is 32.0 Å². The number of hydrogen-bond donors (Lipinski definition) is 3. The van der Waals surface area contributed by atoms with Gasteiger partial charge in [0.05, 0.1) is 12.0 Å². The van der Waals surface area contributed by atoms with E-state index >= 15 is 0 Å². The highest BCUT2D eigenvalue weighted by Crippen LogP contribution is 2.21. The first-order valence-corrected chi connectivity index (χ1v) is 8.24. The van der Waals surface area contributed by atoms with Gasteiger partial charge in [-0.15, -0.1) is 0 Å². The summed E-state index contributed by atoms with van der Waals surface area (Å²) in [4.78, 5) is 16.3. The van der Waals surface area contributed by atoms with Crippen molar-refractivity contribution >= 4 is 35.1 Å². The molecule has 23 heavy (non-hydrogen) atoms. The fourth-order valence-electron chi connectivity index (χ4n) is 1.88. The summed E-state index contributed by atoms with van der Waals surface area (Å²) in [6.07, 6.45) is 0. The van der Waals surface area contributed by atoms with Crippen molar-refractivity contribution in [1.29, 1.82) is 0 Å². The fourth-order valence-corrected chi connectivity index (χ4v) is 2.35. The van der Waals surface area contributed by atoms with E-state index in [1.807, 2.05) is 26.8 Å². The molecule has 0 aliphatic heterocycles. The molecule has 0 spiro atoms. The van der Waals surface area contributed by atoms with E-state index < -0.39 is 5.41 Å². The summed E-state index contributed by atoms with van der Waals surface area (Å²) in [6.45, 7) is 7.34. The summed E-state index contributed by atoms with van der Waals surface area (Å²) in [6, 6.07) is 5.34. The number of nitrogens with one attached hydrogen (secondary N) is 3. The zero-order valence-electron chi connectivity index (χ0n) is 14.0. The van der Waals surface area contributed by atoms with Crippen LogP contribution in [0.1, 0.15) is 26.3 Å². The largest absolute Gasteiger partial charge is 0.359 e. The van der Waals surface area contributed by atoms with E-state index in [0.29, 0.717) is 29.1 Å². The molecule has 0 atom stereocenters. The summed E-state index contributed by atoms with van der Waals surface area (Å²) in [5.74, 6) is 0.608. The third-order valence-electron chi connectivity index (χ3n) is 3.31. The summed E-state index contributed by atoms with van der Waals surface area (Å²) < 4.78 is 0. The molecule has 0 aliphatic carbocycles. The minimum absolute atomic E-state index is 0.0263. The number of amides is 1. The normalized spacial score (nSPS) is 12.0. The van der Waals surface area contributed by atoms with Crippen LogP contribution in [0.15, 0.2) is 23.2 Å². The van der Waals surface area contributed by atoms with Crippen LogP contribution in [0.4, 0.5) is 0 Å². The first-order chi connectivity index (χ1) is 10.8. The number of hydrogen-bond acceptors (Lipinski definition) is 2. The van der Waals surface area contributed by atoms with Crippen molar-refractivity contribution in [2.75, 3.05) is 20.1 Å². The molecule has 1 aromatic rings. The number of carbonyl (C=O) groups excluding carboxylic acids is 1. The van der Waals surface area contributed by atoms with Crippen molar-refractivity contribution in [3.05, 3.63) is 33.8 Å². The van der Waals surface area contributed by atoms with Gasteiger partial charge in [-0.1, -0.05) is 29.3 Å². The molecular formula is C16H24Cl2N4O. The molecular weight excluding hydrogens is 335 g/mol. The lowest BCUT2D eigenvalue weighted by Crippen LogP contribution is -2.47. The molecule has 0 aromatic heterocycles. The predicted molar refractivity (Wildman–Crippen MR) is 97.1 cm³/mol. The Morgan fingerprint density at radius 3 is 2.52 bits per heavy atom. The standard InChI is InChI=1S/C16H24Cl2N4O/c1-5-20-15(22-10-16(2,3)14(23)19-4)21-9-11-6-7-12(17)8-13(11)18/h6-8H,5,9-10H2,1-4H3,(H,19,23)(H2,20,21,22). The van der Waals surface area contributed by atoms with E-state index in [0.717, 1.165) is 12.1 Å². The fraction of sp³-hybridized carbons (Fsp3) is 0.500. The van der Waals surface area contributed by atoms with E-state index in [9.17, 15) is 4.79 Å². The van der Waals surface area contributed by atoms with Crippen LogP contribution in [0, 0.1) is 5.41 Å². The number of carbonyl (C=O) groups is 1. The number of guanidine groups is 1. The van der Waals surface area contributed by atoms with Gasteiger partial charge in [-0.05, 0) is 38.5 Å². The molecule has 0 radical (unpaired) electrons. The van der Waals surface area contributed by atoms with Crippen LogP contribution in [0.3, 0.4) is 0 Å². The molecule has 7 heteroatoms. The zero-order chi connectivity index (χ0) is 17.5. The van der Waals surface area contributed by atoms with Crippen molar-refractivity contribution in [3.63, 3.8) is 0 Å². The molecule has 0 aliphatic rings. The molecule has 0 heterocycles. The average molecular weight is 359 g/mol. The van der Waals surface area contributed by atoms with E-state index in [1.165, 1.54) is 0 Å². The van der Waals surface area contributed by atoms with Gasteiger partial charge in [-0.25, -0.2) is 4.99 Å². The lowest BCUT2D eigenvalue weighted by molar-refractivity contribution is -0.128. The highest BCUT2D eigenvalue weighted by Gasteiger charge is 2.26. The van der Waals surface area contributed by atoms with Crippen LogP contribution in [0.2, 0.25) is 10.0 Å². The van der Waals surface area contributed by atoms with Crippen LogP contribution >= 0.6 is 23.2 Å². The summed E-state index contributed by atoms with van der Waals surface area (Å²) in [5, 5.41) is 10.2. The number of benzene rings is 1. The number of halogens is 2. The van der Waals surface area contributed by atoms with Crippen LogP contribution in [0.5, 0.6) is 0 Å². The van der Waals surface area contributed by atoms with Crippen LogP contribution < -0.4 is 16.0 Å². The van der Waals surface area contributed by atoms with Gasteiger partial charge in [-0.3, -0.25) is 4.79 Å². The predicted octanol–water partition coefficient (Wildman–Crippen LogP) is 2.82. The summed E-state index contributed by atoms with van der Waals surface area (Å²) in [7, 11) is 1.63. The van der Waals surface area contributed by atoms with Crippen molar-refractivity contribution in [3.8, 4) is 0 Å². The van der Waals surface area contributed by atoms with Gasteiger partial charge in [0.15, 0.2) is 5.96 Å². The maximum Gasteiger partial charge on any atom is 0.227 e. The molecule has 0 saturated heterocycles. The highest BCUT2D eigenvalue weighted by atomic mass is 35.5. The lowest BCUT2D eigenvalue weighted by atomic mass is 9.92. The minimum atomic E-state index is -0.539. The van der Waals surface area contributed by atoms with Gasteiger partial charge >= 0.3 is 0 Å². The minimum Gasteiger partial charge on any atom is -0.359 e. The maximum atomic E-state index is 11.8. The molecule has 1 amide bonds. The van der Waals surface area contributed by atoms with Crippen molar-refractivity contribution in [2.45, 2.75) is 27.3 Å². The second kappa shape index (κ2) is 8.99. The average Bonchev–Trinajstić information content (AvgIpc) is 2.50. The summed E-state index contributed by atoms with van der Waals surface area (Å²) >= 11 is 12.0. The van der Waals surface area contributed by atoms with Crippen molar-refractivity contribution < 1.29 is 4.79 Å². The smallest absolute Gasteiger partial charge is 0.227 e. The molecule has 3 N–H and O–H groups in total. The van der Waals surface area contributed by atoms with Gasteiger partial charge in [0, 0.05) is 30.2 Å². The number of rotatable bonds is 6. The maximum absolute atomic E-state index is 11.8. The number of nitrogens with zero attached hydrogens (tertiary/aromatic N) is 1. The Hall–Kier alpha value is -1.46. The Labute approximate surface area is 147 Å². The molecule has 0 fully saturated rings. The van der Waals surface area contributed by atoms with Gasteiger partial charge in [0.2, 0.25) is 5.91 Å². The lowest BCUT2D eigenvalue weighted by Gasteiger charge is -2.24. The molecule has 128 valence electrons. The molecule has 0 bridgehead atoms. The number of aliphatic imine (C=N–C) groups is 1. The monoisotopic (exact) mass is 358 g/mol. The third kappa shape index (κ3) is 6.28. The highest BCUT2D eigenvalue weighted by molar-refractivity contribution is 6.35. The molecule has 1 rings (SSSR count). The molecule has 1 aromatic carbocycles. The first kappa shape index (κ1) is 19.6. The second-order valence-electron chi connectivity index (χ2n) is 5.75. The Balaban J connectivity index is 2.75. The Morgan fingerprint density at radius 2 is 1.96 bits per heavy atom. The SMILES string of the molecule is CCNC(=NCc1ccc(Cl)cc1Cl)NCC(C)(C)C(=O)NC.